The Morgan fingerprint density at radius 2 is 2.07 bits per heavy atom. The summed E-state index contributed by atoms with van der Waals surface area (Å²) >= 11 is 5.84. The van der Waals surface area contributed by atoms with Crippen LogP contribution < -0.4 is 10.6 Å². The van der Waals surface area contributed by atoms with E-state index in [1.807, 2.05) is 24.3 Å². The summed E-state index contributed by atoms with van der Waals surface area (Å²) in [4.78, 5) is 22.8. The van der Waals surface area contributed by atoms with Gasteiger partial charge in [0.1, 0.15) is 5.15 Å². The van der Waals surface area contributed by atoms with Gasteiger partial charge in [0.15, 0.2) is 5.82 Å². The van der Waals surface area contributed by atoms with Gasteiger partial charge in [0.2, 0.25) is 5.91 Å². The van der Waals surface area contributed by atoms with E-state index in [0.717, 1.165) is 16.8 Å². The van der Waals surface area contributed by atoms with Crippen molar-refractivity contribution in [1.29, 1.82) is 0 Å². The summed E-state index contributed by atoms with van der Waals surface area (Å²) in [6.07, 6.45) is 6.35. The SMILES string of the molecule is N[C@H]1C[C@H](Cc2ccc(Cl)nc2)C(=O)N(c2cc(-c3ccncc3)[nH]n2)C1. The summed E-state index contributed by atoms with van der Waals surface area (Å²) in [6, 6.07) is 9.16. The number of hydrogen-bond donors (Lipinski definition) is 2. The van der Waals surface area contributed by atoms with Gasteiger partial charge < -0.3 is 5.73 Å². The molecule has 0 radical (unpaired) electrons. The van der Waals surface area contributed by atoms with Gasteiger partial charge in [-0.3, -0.25) is 19.8 Å². The van der Waals surface area contributed by atoms with Crippen molar-refractivity contribution >= 4 is 23.3 Å². The summed E-state index contributed by atoms with van der Waals surface area (Å²) in [5, 5.41) is 7.75. The second-order valence-electron chi connectivity index (χ2n) is 6.71. The highest BCUT2D eigenvalue weighted by Gasteiger charge is 2.34. The van der Waals surface area contributed by atoms with Crippen molar-refractivity contribution in [3.8, 4) is 11.3 Å². The number of amides is 1. The van der Waals surface area contributed by atoms with Gasteiger partial charge in [-0.1, -0.05) is 17.7 Å². The lowest BCUT2D eigenvalue weighted by atomic mass is 9.88. The molecule has 8 heteroatoms. The molecule has 0 unspecified atom stereocenters. The van der Waals surface area contributed by atoms with Crippen molar-refractivity contribution in [2.75, 3.05) is 11.4 Å². The Morgan fingerprint density at radius 1 is 1.26 bits per heavy atom. The van der Waals surface area contributed by atoms with Crippen LogP contribution in [0.2, 0.25) is 5.15 Å². The first-order chi connectivity index (χ1) is 13.1. The molecule has 0 aromatic carbocycles. The van der Waals surface area contributed by atoms with Crippen molar-refractivity contribution in [2.24, 2.45) is 11.7 Å². The van der Waals surface area contributed by atoms with Crippen LogP contribution in [0.1, 0.15) is 12.0 Å². The van der Waals surface area contributed by atoms with Gasteiger partial charge >= 0.3 is 0 Å². The van der Waals surface area contributed by atoms with Crippen LogP contribution in [0.3, 0.4) is 0 Å². The number of hydrogen-bond acceptors (Lipinski definition) is 5. The van der Waals surface area contributed by atoms with E-state index in [-0.39, 0.29) is 17.9 Å². The number of rotatable bonds is 4. The van der Waals surface area contributed by atoms with Gasteiger partial charge in [-0.2, -0.15) is 5.10 Å². The number of carbonyl (C=O) groups excluding carboxylic acids is 1. The van der Waals surface area contributed by atoms with E-state index in [2.05, 4.69) is 20.2 Å². The molecular weight excluding hydrogens is 364 g/mol. The van der Waals surface area contributed by atoms with Crippen molar-refractivity contribution in [1.82, 2.24) is 20.2 Å². The van der Waals surface area contributed by atoms with Crippen LogP contribution >= 0.6 is 11.6 Å². The van der Waals surface area contributed by atoms with Gasteiger partial charge in [0, 0.05) is 48.7 Å². The predicted octanol–water partition coefficient (Wildman–Crippen LogP) is 2.44. The zero-order valence-corrected chi connectivity index (χ0v) is 15.3. The molecule has 1 amide bonds. The topological polar surface area (TPSA) is 101 Å². The molecule has 27 heavy (non-hydrogen) atoms. The highest BCUT2D eigenvalue weighted by atomic mass is 35.5. The number of pyridine rings is 2. The predicted molar refractivity (Wildman–Crippen MR) is 103 cm³/mol. The van der Waals surface area contributed by atoms with Crippen molar-refractivity contribution in [3.63, 3.8) is 0 Å². The fraction of sp³-hybridized carbons (Fsp3) is 0.263. The van der Waals surface area contributed by atoms with Crippen LogP contribution in [-0.4, -0.2) is 38.7 Å². The molecule has 0 saturated carbocycles. The number of nitrogens with one attached hydrogen (secondary N) is 1. The van der Waals surface area contributed by atoms with E-state index >= 15 is 0 Å². The van der Waals surface area contributed by atoms with Crippen LogP contribution in [0.15, 0.2) is 48.9 Å². The van der Waals surface area contributed by atoms with Crippen molar-refractivity contribution in [3.05, 3.63) is 59.6 Å². The maximum Gasteiger partial charge on any atom is 0.231 e. The maximum absolute atomic E-state index is 13.0. The average molecular weight is 383 g/mol. The molecule has 0 bridgehead atoms. The summed E-state index contributed by atoms with van der Waals surface area (Å²) in [6.45, 7) is 0.453. The molecule has 1 fully saturated rings. The highest BCUT2D eigenvalue weighted by molar-refractivity contribution is 6.29. The largest absolute Gasteiger partial charge is 0.326 e. The monoisotopic (exact) mass is 382 g/mol. The lowest BCUT2D eigenvalue weighted by Gasteiger charge is -2.34. The van der Waals surface area contributed by atoms with Gasteiger partial charge in [0.25, 0.3) is 0 Å². The van der Waals surface area contributed by atoms with Crippen LogP contribution in [0.5, 0.6) is 0 Å². The van der Waals surface area contributed by atoms with Gasteiger partial charge in [0.05, 0.1) is 5.69 Å². The Kier molecular flexibility index (Phi) is 4.87. The first-order valence-corrected chi connectivity index (χ1v) is 9.11. The first-order valence-electron chi connectivity index (χ1n) is 8.73. The quantitative estimate of drug-likeness (QED) is 0.675. The number of nitrogens with zero attached hydrogens (tertiary/aromatic N) is 4. The molecule has 3 N–H and O–H groups in total. The van der Waals surface area contributed by atoms with E-state index in [4.69, 9.17) is 17.3 Å². The Labute approximate surface area is 161 Å². The van der Waals surface area contributed by atoms with Crippen LogP contribution in [0.25, 0.3) is 11.3 Å². The Hall–Kier alpha value is -2.77. The molecule has 138 valence electrons. The molecule has 0 aliphatic carbocycles. The number of piperidine rings is 1. The number of halogens is 1. The van der Waals surface area contributed by atoms with Crippen LogP contribution in [0.4, 0.5) is 5.82 Å². The Balaban J connectivity index is 1.55. The fourth-order valence-electron chi connectivity index (χ4n) is 3.40. The number of nitrogens with two attached hydrogens (primary N) is 1. The minimum atomic E-state index is -0.210. The normalized spacial score (nSPS) is 20.1. The van der Waals surface area contributed by atoms with Crippen LogP contribution in [-0.2, 0) is 11.2 Å². The number of H-pyrrole nitrogens is 1. The smallest absolute Gasteiger partial charge is 0.231 e. The van der Waals surface area contributed by atoms with E-state index < -0.39 is 0 Å². The second-order valence-corrected chi connectivity index (χ2v) is 7.10. The van der Waals surface area contributed by atoms with E-state index in [1.165, 1.54) is 0 Å². The molecule has 7 nitrogen and oxygen atoms in total. The minimum Gasteiger partial charge on any atom is -0.326 e. The molecule has 1 aliphatic rings. The molecule has 1 saturated heterocycles. The van der Waals surface area contributed by atoms with Crippen molar-refractivity contribution < 1.29 is 4.79 Å². The van der Waals surface area contributed by atoms with Gasteiger partial charge in [-0.25, -0.2) is 4.98 Å². The zero-order valence-electron chi connectivity index (χ0n) is 14.5. The molecule has 1 aliphatic heterocycles. The Bertz CT molecular complexity index is 927. The third-order valence-electron chi connectivity index (χ3n) is 4.72. The summed E-state index contributed by atoms with van der Waals surface area (Å²) in [7, 11) is 0. The Morgan fingerprint density at radius 3 is 2.81 bits per heavy atom. The second kappa shape index (κ2) is 7.46. The minimum absolute atomic E-state index is 0.0272. The van der Waals surface area contributed by atoms with Gasteiger partial charge in [-0.15, -0.1) is 0 Å². The molecule has 4 heterocycles. The molecule has 4 rings (SSSR count). The number of carbonyl (C=O) groups is 1. The van der Waals surface area contributed by atoms with E-state index in [0.29, 0.717) is 30.4 Å². The molecular formula is C19H19ClN6O. The third-order valence-corrected chi connectivity index (χ3v) is 4.95. The molecule has 3 aromatic heterocycles. The van der Waals surface area contributed by atoms with Crippen molar-refractivity contribution in [2.45, 2.75) is 18.9 Å². The van der Waals surface area contributed by atoms with E-state index in [1.54, 1.807) is 29.6 Å². The summed E-state index contributed by atoms with van der Waals surface area (Å²) in [5.41, 5.74) is 8.99. The van der Waals surface area contributed by atoms with Gasteiger partial charge in [-0.05, 0) is 36.6 Å². The van der Waals surface area contributed by atoms with E-state index in [9.17, 15) is 4.79 Å². The standard InChI is InChI=1S/C19H19ClN6O/c20-17-2-1-12(10-23-17)7-14-8-15(21)11-26(19(14)27)18-9-16(24-25-18)13-3-5-22-6-4-13/h1-6,9-10,14-15H,7-8,11,21H2,(H,24,25)/t14-,15-/m0/s1. The fourth-order valence-corrected chi connectivity index (χ4v) is 3.52. The molecule has 2 atom stereocenters. The summed E-state index contributed by atoms with van der Waals surface area (Å²) < 4.78 is 0. The average Bonchev–Trinajstić information content (AvgIpc) is 3.17. The highest BCUT2D eigenvalue weighted by Crippen LogP contribution is 2.28. The first kappa shape index (κ1) is 17.6. The number of anilines is 1. The molecule has 0 spiro atoms. The summed E-state index contributed by atoms with van der Waals surface area (Å²) in [5.74, 6) is 0.401. The lowest BCUT2D eigenvalue weighted by Crippen LogP contribution is -2.51. The third kappa shape index (κ3) is 3.84. The lowest BCUT2D eigenvalue weighted by molar-refractivity contribution is -0.124. The zero-order chi connectivity index (χ0) is 18.8. The molecule has 3 aromatic rings. The number of aromatic nitrogens is 4. The maximum atomic E-state index is 13.0. The number of aromatic amines is 1. The van der Waals surface area contributed by atoms with Crippen LogP contribution in [0, 0.1) is 5.92 Å².